The second kappa shape index (κ2) is 6.50. The molecule has 0 saturated heterocycles. The second-order valence-corrected chi connectivity index (χ2v) is 4.32. The average Bonchev–Trinajstić information content (AvgIpc) is 2.34. The van der Waals surface area contributed by atoms with Gasteiger partial charge < -0.3 is 9.47 Å². The van der Waals surface area contributed by atoms with Crippen LogP contribution in [0.1, 0.15) is 31.2 Å². The number of rotatable bonds is 6. The highest BCUT2D eigenvalue weighted by Gasteiger charge is 2.13. The SMILES string of the molecule is COc1ccc(OC)c(C(C)CCC(=O)Cl)c1. The van der Waals surface area contributed by atoms with Crippen LogP contribution >= 0.6 is 11.6 Å². The van der Waals surface area contributed by atoms with Crippen molar-refractivity contribution in [2.45, 2.75) is 25.7 Å². The fraction of sp³-hybridized carbons (Fsp3) is 0.462. The minimum atomic E-state index is -0.307. The third-order valence-electron chi connectivity index (χ3n) is 2.74. The van der Waals surface area contributed by atoms with E-state index in [0.29, 0.717) is 12.8 Å². The van der Waals surface area contributed by atoms with Crippen LogP contribution < -0.4 is 9.47 Å². The first-order valence-corrected chi connectivity index (χ1v) is 5.86. The fourth-order valence-electron chi connectivity index (χ4n) is 1.71. The van der Waals surface area contributed by atoms with Crippen molar-refractivity contribution < 1.29 is 14.3 Å². The van der Waals surface area contributed by atoms with Crippen molar-refractivity contribution in [3.05, 3.63) is 23.8 Å². The summed E-state index contributed by atoms with van der Waals surface area (Å²) in [5.41, 5.74) is 1.03. The molecule has 94 valence electrons. The average molecular weight is 257 g/mol. The van der Waals surface area contributed by atoms with E-state index in [9.17, 15) is 4.79 Å². The number of methoxy groups -OCH3 is 2. The Kier molecular flexibility index (Phi) is 5.29. The molecule has 0 N–H and O–H groups in total. The highest BCUT2D eigenvalue weighted by atomic mass is 35.5. The van der Waals surface area contributed by atoms with Crippen molar-refractivity contribution >= 4 is 16.8 Å². The third-order valence-corrected chi connectivity index (χ3v) is 2.93. The van der Waals surface area contributed by atoms with E-state index in [1.807, 2.05) is 25.1 Å². The van der Waals surface area contributed by atoms with Gasteiger partial charge >= 0.3 is 0 Å². The van der Waals surface area contributed by atoms with Gasteiger partial charge in [0.05, 0.1) is 14.2 Å². The summed E-state index contributed by atoms with van der Waals surface area (Å²) in [6.07, 6.45) is 1.06. The molecule has 1 unspecified atom stereocenters. The van der Waals surface area contributed by atoms with Crippen LogP contribution in [0.3, 0.4) is 0 Å². The number of ether oxygens (including phenoxy) is 2. The van der Waals surface area contributed by atoms with Gasteiger partial charge in [0.15, 0.2) is 0 Å². The lowest BCUT2D eigenvalue weighted by atomic mass is 9.95. The number of halogens is 1. The van der Waals surface area contributed by atoms with E-state index in [1.54, 1.807) is 14.2 Å². The Morgan fingerprint density at radius 2 is 2.06 bits per heavy atom. The van der Waals surface area contributed by atoms with Crippen molar-refractivity contribution in [3.8, 4) is 11.5 Å². The van der Waals surface area contributed by atoms with Gasteiger partial charge in [-0.2, -0.15) is 0 Å². The largest absolute Gasteiger partial charge is 0.497 e. The van der Waals surface area contributed by atoms with E-state index in [2.05, 4.69) is 0 Å². The lowest BCUT2D eigenvalue weighted by Crippen LogP contribution is -2.00. The van der Waals surface area contributed by atoms with Gasteiger partial charge in [0.2, 0.25) is 5.24 Å². The summed E-state index contributed by atoms with van der Waals surface area (Å²) in [4.78, 5) is 10.8. The summed E-state index contributed by atoms with van der Waals surface area (Å²) < 4.78 is 10.5. The molecule has 0 aliphatic rings. The van der Waals surface area contributed by atoms with Crippen LogP contribution in [0.4, 0.5) is 0 Å². The normalized spacial score (nSPS) is 12.0. The Bertz CT molecular complexity index is 390. The molecule has 0 bridgehead atoms. The van der Waals surface area contributed by atoms with Crippen LogP contribution in [-0.2, 0) is 4.79 Å². The molecular formula is C13H17ClO3. The van der Waals surface area contributed by atoms with Gasteiger partial charge in [-0.05, 0) is 42.1 Å². The topological polar surface area (TPSA) is 35.5 Å². The van der Waals surface area contributed by atoms with Crippen LogP contribution in [0.5, 0.6) is 11.5 Å². The molecule has 0 fully saturated rings. The van der Waals surface area contributed by atoms with Crippen LogP contribution in [0, 0.1) is 0 Å². The van der Waals surface area contributed by atoms with E-state index in [1.165, 1.54) is 0 Å². The summed E-state index contributed by atoms with van der Waals surface area (Å²) in [6, 6.07) is 5.65. The Morgan fingerprint density at radius 3 is 2.59 bits per heavy atom. The van der Waals surface area contributed by atoms with E-state index in [-0.39, 0.29) is 11.2 Å². The number of benzene rings is 1. The van der Waals surface area contributed by atoms with Gasteiger partial charge in [-0.25, -0.2) is 0 Å². The molecule has 4 heteroatoms. The van der Waals surface area contributed by atoms with Crippen LogP contribution in [0.2, 0.25) is 0 Å². The van der Waals surface area contributed by atoms with Crippen molar-refractivity contribution in [2.24, 2.45) is 0 Å². The van der Waals surface area contributed by atoms with Crippen LogP contribution in [-0.4, -0.2) is 19.5 Å². The maximum Gasteiger partial charge on any atom is 0.221 e. The maximum atomic E-state index is 10.8. The van der Waals surface area contributed by atoms with Crippen LogP contribution in [0.15, 0.2) is 18.2 Å². The molecule has 1 aromatic carbocycles. The smallest absolute Gasteiger partial charge is 0.221 e. The van der Waals surface area contributed by atoms with E-state index in [0.717, 1.165) is 17.1 Å². The molecule has 0 aromatic heterocycles. The first-order chi connectivity index (χ1) is 8.08. The minimum absolute atomic E-state index is 0.197. The molecule has 1 atom stereocenters. The van der Waals surface area contributed by atoms with Gasteiger partial charge in [-0.15, -0.1) is 0 Å². The van der Waals surface area contributed by atoms with Crippen molar-refractivity contribution in [1.82, 2.24) is 0 Å². The van der Waals surface area contributed by atoms with Gasteiger partial charge in [0.1, 0.15) is 11.5 Å². The Balaban J connectivity index is 2.88. The lowest BCUT2D eigenvalue weighted by Gasteiger charge is -2.16. The first kappa shape index (κ1) is 13.8. The Labute approximate surface area is 107 Å². The quantitative estimate of drug-likeness (QED) is 0.732. The Morgan fingerprint density at radius 1 is 1.35 bits per heavy atom. The number of carbonyl (C=O) groups excluding carboxylic acids is 1. The summed E-state index contributed by atoms with van der Waals surface area (Å²) >= 11 is 5.35. The minimum Gasteiger partial charge on any atom is -0.497 e. The molecule has 3 nitrogen and oxygen atoms in total. The monoisotopic (exact) mass is 256 g/mol. The Hall–Kier alpha value is -1.22. The number of hydrogen-bond donors (Lipinski definition) is 0. The molecular weight excluding hydrogens is 240 g/mol. The highest BCUT2D eigenvalue weighted by Crippen LogP contribution is 2.32. The molecule has 0 amide bonds. The first-order valence-electron chi connectivity index (χ1n) is 5.48. The molecule has 1 aromatic rings. The highest BCUT2D eigenvalue weighted by molar-refractivity contribution is 6.63. The summed E-state index contributed by atoms with van der Waals surface area (Å²) in [7, 11) is 3.25. The zero-order chi connectivity index (χ0) is 12.8. The van der Waals surface area contributed by atoms with Crippen molar-refractivity contribution in [3.63, 3.8) is 0 Å². The van der Waals surface area contributed by atoms with Gasteiger partial charge in [0, 0.05) is 12.0 Å². The fourth-order valence-corrected chi connectivity index (χ4v) is 1.82. The predicted molar refractivity (Wildman–Crippen MR) is 68.1 cm³/mol. The van der Waals surface area contributed by atoms with E-state index in [4.69, 9.17) is 21.1 Å². The zero-order valence-electron chi connectivity index (χ0n) is 10.3. The number of carbonyl (C=O) groups is 1. The lowest BCUT2D eigenvalue weighted by molar-refractivity contribution is -0.111. The second-order valence-electron chi connectivity index (χ2n) is 3.90. The molecule has 0 heterocycles. The van der Waals surface area contributed by atoms with Gasteiger partial charge in [0.25, 0.3) is 0 Å². The van der Waals surface area contributed by atoms with E-state index >= 15 is 0 Å². The van der Waals surface area contributed by atoms with Crippen molar-refractivity contribution in [1.29, 1.82) is 0 Å². The maximum absolute atomic E-state index is 10.8. The predicted octanol–water partition coefficient (Wildman–Crippen LogP) is 3.35. The molecule has 1 rings (SSSR count). The summed E-state index contributed by atoms with van der Waals surface area (Å²) in [6.45, 7) is 2.04. The molecule has 17 heavy (non-hydrogen) atoms. The zero-order valence-corrected chi connectivity index (χ0v) is 11.1. The molecule has 0 radical (unpaired) electrons. The standard InChI is InChI=1S/C13H17ClO3/c1-9(4-7-13(14)15)11-8-10(16-2)5-6-12(11)17-3/h5-6,8-9H,4,7H2,1-3H3. The molecule has 0 aliphatic heterocycles. The third kappa shape index (κ3) is 3.93. The molecule has 0 spiro atoms. The van der Waals surface area contributed by atoms with Gasteiger partial charge in [-0.3, -0.25) is 4.79 Å². The number of hydrogen-bond acceptors (Lipinski definition) is 3. The van der Waals surface area contributed by atoms with E-state index < -0.39 is 0 Å². The van der Waals surface area contributed by atoms with Crippen LogP contribution in [0.25, 0.3) is 0 Å². The summed E-state index contributed by atoms with van der Waals surface area (Å²) in [5, 5.41) is -0.307. The molecule has 0 aliphatic carbocycles. The van der Waals surface area contributed by atoms with Gasteiger partial charge in [-0.1, -0.05) is 6.92 Å². The molecule has 0 saturated carbocycles. The summed E-state index contributed by atoms with van der Waals surface area (Å²) in [5.74, 6) is 1.79. The van der Waals surface area contributed by atoms with Crippen molar-refractivity contribution in [2.75, 3.05) is 14.2 Å².